The van der Waals surface area contributed by atoms with Gasteiger partial charge in [0.15, 0.2) is 6.61 Å². The Kier molecular flexibility index (Phi) is 3.88. The van der Waals surface area contributed by atoms with E-state index in [1.165, 1.54) is 5.56 Å². The zero-order valence-corrected chi connectivity index (χ0v) is 13.3. The first-order valence-electron chi connectivity index (χ1n) is 7.65. The fraction of sp³-hybridized carbons (Fsp3) is 0.316. The van der Waals surface area contributed by atoms with Crippen LogP contribution in [-0.4, -0.2) is 18.6 Å². The summed E-state index contributed by atoms with van der Waals surface area (Å²) in [5.74, 6) is 0.766. The van der Waals surface area contributed by atoms with Crippen molar-refractivity contribution < 1.29 is 9.53 Å². The molecule has 1 heterocycles. The highest BCUT2D eigenvalue weighted by molar-refractivity contribution is 5.97. The second-order valence-electron chi connectivity index (χ2n) is 6.06. The quantitative estimate of drug-likeness (QED) is 0.865. The second-order valence-corrected chi connectivity index (χ2v) is 6.06. The maximum atomic E-state index is 12.6. The van der Waals surface area contributed by atoms with Crippen molar-refractivity contribution in [2.75, 3.05) is 11.5 Å². The Morgan fingerprint density at radius 1 is 1.18 bits per heavy atom. The fourth-order valence-electron chi connectivity index (χ4n) is 3.18. The maximum absolute atomic E-state index is 12.6. The van der Waals surface area contributed by atoms with E-state index in [0.717, 1.165) is 29.0 Å². The lowest BCUT2D eigenvalue weighted by Gasteiger charge is -2.22. The van der Waals surface area contributed by atoms with E-state index in [1.807, 2.05) is 49.1 Å². The molecule has 0 aromatic heterocycles. The molecule has 3 rings (SSSR count). The van der Waals surface area contributed by atoms with Gasteiger partial charge in [0.1, 0.15) is 5.75 Å². The summed E-state index contributed by atoms with van der Waals surface area (Å²) in [5.41, 5.74) is 4.53. The molecule has 1 atom stereocenters. The average molecular weight is 295 g/mol. The third-order valence-corrected chi connectivity index (χ3v) is 4.03. The van der Waals surface area contributed by atoms with Gasteiger partial charge in [0.05, 0.1) is 0 Å². The summed E-state index contributed by atoms with van der Waals surface area (Å²) in [6.45, 7) is 6.21. The Hall–Kier alpha value is -2.29. The standard InChI is InChI=1S/C19H21NO2/c1-13-8-14(2)10-17(9-13)22-12-19(21)20-15(3)11-16-6-4-5-7-18(16)20/h4-10,15H,11-12H2,1-3H3. The predicted octanol–water partition coefficient (Wildman–Crippen LogP) is 3.66. The number of fused-ring (bicyclic) bond motifs is 1. The molecular formula is C19H21NO2. The van der Waals surface area contributed by atoms with Crippen molar-refractivity contribution in [3.05, 3.63) is 59.2 Å². The van der Waals surface area contributed by atoms with Crippen LogP contribution in [-0.2, 0) is 11.2 Å². The van der Waals surface area contributed by atoms with Gasteiger partial charge in [-0.15, -0.1) is 0 Å². The van der Waals surface area contributed by atoms with Gasteiger partial charge in [-0.1, -0.05) is 24.3 Å². The highest BCUT2D eigenvalue weighted by Crippen LogP contribution is 2.31. The first kappa shape index (κ1) is 14.6. The van der Waals surface area contributed by atoms with Gasteiger partial charge in [0, 0.05) is 11.7 Å². The van der Waals surface area contributed by atoms with Crippen molar-refractivity contribution in [1.82, 2.24) is 0 Å². The fourth-order valence-corrected chi connectivity index (χ4v) is 3.18. The van der Waals surface area contributed by atoms with Crippen molar-refractivity contribution in [3.8, 4) is 5.75 Å². The number of ether oxygens (including phenoxy) is 1. The Bertz CT molecular complexity index is 688. The molecule has 22 heavy (non-hydrogen) atoms. The van der Waals surface area contributed by atoms with Crippen molar-refractivity contribution in [3.63, 3.8) is 0 Å². The SMILES string of the molecule is Cc1cc(C)cc(OCC(=O)N2c3ccccc3CC2C)c1. The number of anilines is 1. The van der Waals surface area contributed by atoms with Crippen LogP contribution in [0.4, 0.5) is 5.69 Å². The van der Waals surface area contributed by atoms with Crippen LogP contribution in [0.1, 0.15) is 23.6 Å². The van der Waals surface area contributed by atoms with Crippen LogP contribution in [0.3, 0.4) is 0 Å². The van der Waals surface area contributed by atoms with Crippen molar-refractivity contribution in [1.29, 1.82) is 0 Å². The number of hydrogen-bond donors (Lipinski definition) is 0. The largest absolute Gasteiger partial charge is 0.484 e. The first-order chi connectivity index (χ1) is 10.5. The number of rotatable bonds is 3. The molecule has 1 amide bonds. The normalized spacial score (nSPS) is 16.5. The lowest BCUT2D eigenvalue weighted by atomic mass is 10.1. The van der Waals surface area contributed by atoms with Gasteiger partial charge in [0.2, 0.25) is 0 Å². The van der Waals surface area contributed by atoms with Crippen LogP contribution in [0.15, 0.2) is 42.5 Å². The minimum Gasteiger partial charge on any atom is -0.484 e. The number of nitrogens with zero attached hydrogens (tertiary/aromatic N) is 1. The van der Waals surface area contributed by atoms with Gasteiger partial charge in [-0.3, -0.25) is 4.79 Å². The maximum Gasteiger partial charge on any atom is 0.265 e. The van der Waals surface area contributed by atoms with Crippen molar-refractivity contribution in [2.24, 2.45) is 0 Å². The predicted molar refractivity (Wildman–Crippen MR) is 88.5 cm³/mol. The summed E-state index contributed by atoms with van der Waals surface area (Å²) in [5, 5.41) is 0. The van der Waals surface area contributed by atoms with E-state index in [9.17, 15) is 4.79 Å². The molecule has 0 spiro atoms. The smallest absolute Gasteiger partial charge is 0.265 e. The molecule has 0 bridgehead atoms. The molecule has 1 aliphatic rings. The number of carbonyl (C=O) groups excluding carboxylic acids is 1. The molecule has 0 fully saturated rings. The number of benzene rings is 2. The molecule has 114 valence electrons. The van der Waals surface area contributed by atoms with Crippen LogP contribution in [0.5, 0.6) is 5.75 Å². The number of aryl methyl sites for hydroxylation is 2. The molecule has 3 nitrogen and oxygen atoms in total. The molecule has 2 aromatic carbocycles. The van der Waals surface area contributed by atoms with Crippen LogP contribution < -0.4 is 9.64 Å². The number of hydrogen-bond acceptors (Lipinski definition) is 2. The summed E-state index contributed by atoms with van der Waals surface area (Å²) in [4.78, 5) is 14.4. The van der Waals surface area contributed by atoms with Gasteiger partial charge in [0.25, 0.3) is 5.91 Å². The minimum atomic E-state index is 0.0107. The van der Waals surface area contributed by atoms with Gasteiger partial charge in [-0.2, -0.15) is 0 Å². The van der Waals surface area contributed by atoms with Gasteiger partial charge in [-0.05, 0) is 62.1 Å². The molecule has 0 saturated heterocycles. The van der Waals surface area contributed by atoms with Crippen molar-refractivity contribution >= 4 is 11.6 Å². The summed E-state index contributed by atoms with van der Waals surface area (Å²) in [6.07, 6.45) is 0.908. The highest BCUT2D eigenvalue weighted by atomic mass is 16.5. The lowest BCUT2D eigenvalue weighted by molar-refractivity contribution is -0.120. The highest BCUT2D eigenvalue weighted by Gasteiger charge is 2.30. The molecule has 0 radical (unpaired) electrons. The minimum absolute atomic E-state index is 0.0107. The second kappa shape index (κ2) is 5.84. The molecule has 1 unspecified atom stereocenters. The Labute approximate surface area is 131 Å². The van der Waals surface area contributed by atoms with Gasteiger partial charge < -0.3 is 9.64 Å². The molecule has 1 aliphatic heterocycles. The van der Waals surface area contributed by atoms with E-state index in [-0.39, 0.29) is 18.6 Å². The van der Waals surface area contributed by atoms with Crippen molar-refractivity contribution in [2.45, 2.75) is 33.2 Å². The third-order valence-electron chi connectivity index (χ3n) is 4.03. The van der Waals surface area contributed by atoms with E-state index in [1.54, 1.807) is 0 Å². The average Bonchev–Trinajstić information content (AvgIpc) is 2.79. The summed E-state index contributed by atoms with van der Waals surface area (Å²) >= 11 is 0. The monoisotopic (exact) mass is 295 g/mol. The number of amides is 1. The topological polar surface area (TPSA) is 29.5 Å². The Morgan fingerprint density at radius 2 is 1.86 bits per heavy atom. The lowest BCUT2D eigenvalue weighted by Crippen LogP contribution is -2.39. The zero-order chi connectivity index (χ0) is 15.7. The molecule has 2 aromatic rings. The number of para-hydroxylation sites is 1. The molecule has 0 saturated carbocycles. The van der Waals surface area contributed by atoms with Crippen LogP contribution in [0.25, 0.3) is 0 Å². The van der Waals surface area contributed by atoms with Gasteiger partial charge >= 0.3 is 0 Å². The summed E-state index contributed by atoms with van der Waals surface area (Å²) in [6, 6.07) is 14.3. The molecule has 0 N–H and O–H groups in total. The Balaban J connectivity index is 1.72. The van der Waals surface area contributed by atoms with E-state index in [4.69, 9.17) is 4.74 Å². The zero-order valence-electron chi connectivity index (χ0n) is 13.3. The van der Waals surface area contributed by atoms with E-state index in [2.05, 4.69) is 19.1 Å². The first-order valence-corrected chi connectivity index (χ1v) is 7.65. The van der Waals surface area contributed by atoms with Crippen LogP contribution in [0, 0.1) is 13.8 Å². The van der Waals surface area contributed by atoms with E-state index in [0.29, 0.717) is 0 Å². The third kappa shape index (κ3) is 2.84. The summed E-state index contributed by atoms with van der Waals surface area (Å²) < 4.78 is 5.71. The number of carbonyl (C=O) groups is 1. The van der Waals surface area contributed by atoms with Crippen LogP contribution in [0.2, 0.25) is 0 Å². The van der Waals surface area contributed by atoms with Crippen LogP contribution >= 0.6 is 0 Å². The molecule has 3 heteroatoms. The van der Waals surface area contributed by atoms with Gasteiger partial charge in [-0.25, -0.2) is 0 Å². The van der Waals surface area contributed by atoms with E-state index >= 15 is 0 Å². The molecular weight excluding hydrogens is 274 g/mol. The Morgan fingerprint density at radius 3 is 2.59 bits per heavy atom. The summed E-state index contributed by atoms with van der Waals surface area (Å²) in [7, 11) is 0. The van der Waals surface area contributed by atoms with E-state index < -0.39 is 0 Å². The molecule has 0 aliphatic carbocycles.